The monoisotopic (exact) mass is 368 g/mol. The molecule has 0 bridgehead atoms. The molecule has 0 radical (unpaired) electrons. The van der Waals surface area contributed by atoms with Crippen molar-refractivity contribution in [3.05, 3.63) is 58.1 Å². The third-order valence-electron chi connectivity index (χ3n) is 3.19. The topological polar surface area (TPSA) is 79.9 Å². The van der Waals surface area contributed by atoms with Crippen LogP contribution in [0.4, 0.5) is 11.4 Å². The van der Waals surface area contributed by atoms with E-state index in [2.05, 4.69) is 33.4 Å². The number of carbonyl (C=O) groups is 1. The molecule has 2 rings (SSSR count). The lowest BCUT2D eigenvalue weighted by atomic mass is 10.1. The third kappa shape index (κ3) is 3.88. The average molecular weight is 369 g/mol. The Morgan fingerprint density at radius 2 is 1.74 bits per heavy atom. The number of nitrogens with one attached hydrogen (secondary N) is 1. The molecular weight excluding hydrogens is 356 g/mol. The molecule has 2 aromatic carbocycles. The minimum absolute atomic E-state index is 0.0225. The van der Waals surface area contributed by atoms with Crippen LogP contribution < -0.4 is 10.2 Å². The van der Waals surface area contributed by atoms with Gasteiger partial charge in [0.15, 0.2) is 0 Å². The van der Waals surface area contributed by atoms with Gasteiger partial charge in [-0.2, -0.15) is 10.5 Å². The van der Waals surface area contributed by atoms with E-state index in [4.69, 9.17) is 0 Å². The van der Waals surface area contributed by atoms with Crippen molar-refractivity contribution in [3.8, 4) is 12.1 Å². The van der Waals surface area contributed by atoms with Gasteiger partial charge in [0, 0.05) is 11.5 Å². The number of carbonyl (C=O) groups excluding carboxylic acids is 1. The Morgan fingerprint density at radius 1 is 1.13 bits per heavy atom. The molecule has 0 aliphatic carbocycles. The number of para-hydroxylation sites is 2. The largest absolute Gasteiger partial charge is 0.363 e. The van der Waals surface area contributed by atoms with E-state index in [-0.39, 0.29) is 12.5 Å². The van der Waals surface area contributed by atoms with E-state index in [0.29, 0.717) is 22.5 Å². The number of nitriles is 2. The Kier molecular flexibility index (Phi) is 5.35. The Labute approximate surface area is 142 Å². The Morgan fingerprint density at radius 3 is 2.30 bits per heavy atom. The van der Waals surface area contributed by atoms with E-state index in [1.165, 1.54) is 0 Å². The predicted molar refractivity (Wildman–Crippen MR) is 91.9 cm³/mol. The van der Waals surface area contributed by atoms with Crippen LogP contribution >= 0.6 is 15.9 Å². The smallest absolute Gasteiger partial charge is 0.243 e. The van der Waals surface area contributed by atoms with E-state index < -0.39 is 0 Å². The standard InChI is InChI=1S/C17H13BrN4O/c1-22(17-12(9-19)5-4-6-13(17)10-20)11-16(23)21-15-8-3-2-7-14(15)18/h2-8H,11H2,1H3,(H,21,23). The molecule has 23 heavy (non-hydrogen) atoms. The number of amides is 1. The van der Waals surface area contributed by atoms with Crippen LogP contribution in [0.3, 0.4) is 0 Å². The molecule has 0 unspecified atom stereocenters. The van der Waals surface area contributed by atoms with Gasteiger partial charge >= 0.3 is 0 Å². The van der Waals surface area contributed by atoms with E-state index in [9.17, 15) is 15.3 Å². The highest BCUT2D eigenvalue weighted by Crippen LogP contribution is 2.24. The zero-order valence-electron chi connectivity index (χ0n) is 12.4. The second-order valence-corrected chi connectivity index (χ2v) is 5.66. The molecule has 0 saturated heterocycles. The van der Waals surface area contributed by atoms with Crippen LogP contribution in [0.25, 0.3) is 0 Å². The summed E-state index contributed by atoms with van der Waals surface area (Å²) in [5, 5.41) is 21.2. The first-order valence-electron chi connectivity index (χ1n) is 6.75. The first-order chi connectivity index (χ1) is 11.1. The van der Waals surface area contributed by atoms with Crippen LogP contribution in [0.5, 0.6) is 0 Å². The summed E-state index contributed by atoms with van der Waals surface area (Å²) in [6, 6.07) is 16.3. The number of anilines is 2. The van der Waals surface area contributed by atoms with E-state index in [1.54, 1.807) is 36.2 Å². The molecule has 1 amide bonds. The fourth-order valence-corrected chi connectivity index (χ4v) is 2.57. The summed E-state index contributed by atoms with van der Waals surface area (Å²) in [4.78, 5) is 13.8. The van der Waals surface area contributed by atoms with E-state index in [0.717, 1.165) is 4.47 Å². The molecule has 6 heteroatoms. The van der Waals surface area contributed by atoms with Gasteiger partial charge in [0.25, 0.3) is 0 Å². The molecule has 0 saturated carbocycles. The molecule has 1 N–H and O–H groups in total. The van der Waals surface area contributed by atoms with Gasteiger partial charge in [-0.3, -0.25) is 4.79 Å². The number of hydrogen-bond acceptors (Lipinski definition) is 4. The highest BCUT2D eigenvalue weighted by molar-refractivity contribution is 9.10. The molecule has 0 aromatic heterocycles. The Hall–Kier alpha value is -2.83. The van der Waals surface area contributed by atoms with E-state index >= 15 is 0 Å². The number of benzene rings is 2. The second-order valence-electron chi connectivity index (χ2n) is 4.81. The molecule has 0 atom stereocenters. The number of halogens is 1. The maximum absolute atomic E-state index is 12.2. The molecule has 114 valence electrons. The molecule has 0 aliphatic rings. The van der Waals surface area contributed by atoms with Crippen molar-refractivity contribution < 1.29 is 4.79 Å². The van der Waals surface area contributed by atoms with Crippen molar-refractivity contribution in [3.63, 3.8) is 0 Å². The van der Waals surface area contributed by atoms with Gasteiger partial charge in [-0.15, -0.1) is 0 Å². The average Bonchev–Trinajstić information content (AvgIpc) is 2.55. The van der Waals surface area contributed by atoms with Gasteiger partial charge in [-0.05, 0) is 40.2 Å². The molecule has 5 nitrogen and oxygen atoms in total. The number of rotatable bonds is 4. The quantitative estimate of drug-likeness (QED) is 0.897. The predicted octanol–water partition coefficient (Wildman–Crippen LogP) is 3.27. The number of likely N-dealkylation sites (N-methyl/N-ethyl adjacent to an activating group) is 1. The molecule has 0 fully saturated rings. The van der Waals surface area contributed by atoms with Gasteiger partial charge < -0.3 is 10.2 Å². The number of nitrogens with zero attached hydrogens (tertiary/aromatic N) is 3. The van der Waals surface area contributed by atoms with Crippen molar-refractivity contribution in [2.24, 2.45) is 0 Å². The van der Waals surface area contributed by atoms with Crippen LogP contribution in [0.15, 0.2) is 46.9 Å². The SMILES string of the molecule is CN(CC(=O)Nc1ccccc1Br)c1c(C#N)cccc1C#N. The van der Waals surface area contributed by atoms with Crippen molar-refractivity contribution in [1.29, 1.82) is 10.5 Å². The van der Waals surface area contributed by atoms with Crippen LogP contribution in [0.1, 0.15) is 11.1 Å². The van der Waals surface area contributed by atoms with Gasteiger partial charge in [0.2, 0.25) is 5.91 Å². The van der Waals surface area contributed by atoms with Crippen molar-refractivity contribution in [2.75, 3.05) is 23.8 Å². The summed E-state index contributed by atoms with van der Waals surface area (Å²) in [6.45, 7) is 0.0225. The summed E-state index contributed by atoms with van der Waals surface area (Å²) in [6.07, 6.45) is 0. The van der Waals surface area contributed by atoms with Crippen molar-refractivity contribution in [1.82, 2.24) is 0 Å². The van der Waals surface area contributed by atoms with E-state index in [1.807, 2.05) is 18.2 Å². The lowest BCUT2D eigenvalue weighted by Crippen LogP contribution is -2.31. The Bertz CT molecular complexity index is 788. The molecule has 2 aromatic rings. The second kappa shape index (κ2) is 7.44. The van der Waals surface area contributed by atoms with Crippen LogP contribution in [0.2, 0.25) is 0 Å². The summed E-state index contributed by atoms with van der Waals surface area (Å²) in [5.74, 6) is -0.240. The van der Waals surface area contributed by atoms with Crippen LogP contribution in [0, 0.1) is 22.7 Å². The Balaban J connectivity index is 2.19. The highest BCUT2D eigenvalue weighted by Gasteiger charge is 2.16. The van der Waals surface area contributed by atoms with Crippen molar-refractivity contribution in [2.45, 2.75) is 0 Å². The molecule has 0 aliphatic heterocycles. The third-order valence-corrected chi connectivity index (χ3v) is 3.88. The fourth-order valence-electron chi connectivity index (χ4n) is 2.18. The van der Waals surface area contributed by atoms with Crippen LogP contribution in [-0.2, 0) is 4.79 Å². The maximum atomic E-state index is 12.2. The summed E-state index contributed by atoms with van der Waals surface area (Å²) in [7, 11) is 1.68. The molecule has 0 heterocycles. The zero-order valence-corrected chi connectivity index (χ0v) is 14.0. The highest BCUT2D eigenvalue weighted by atomic mass is 79.9. The van der Waals surface area contributed by atoms with Gasteiger partial charge in [0.05, 0.1) is 29.0 Å². The van der Waals surface area contributed by atoms with Gasteiger partial charge in [-0.25, -0.2) is 0 Å². The fraction of sp³-hybridized carbons (Fsp3) is 0.118. The lowest BCUT2D eigenvalue weighted by Gasteiger charge is -2.21. The minimum Gasteiger partial charge on any atom is -0.363 e. The first-order valence-corrected chi connectivity index (χ1v) is 7.55. The van der Waals surface area contributed by atoms with Crippen molar-refractivity contribution >= 4 is 33.2 Å². The summed E-state index contributed by atoms with van der Waals surface area (Å²) < 4.78 is 0.783. The normalized spacial score (nSPS) is 9.57. The summed E-state index contributed by atoms with van der Waals surface area (Å²) >= 11 is 3.37. The summed E-state index contributed by atoms with van der Waals surface area (Å²) in [5.41, 5.74) is 1.85. The first kappa shape index (κ1) is 16.5. The zero-order chi connectivity index (χ0) is 16.8. The minimum atomic E-state index is -0.240. The number of hydrogen-bond donors (Lipinski definition) is 1. The van der Waals surface area contributed by atoms with Gasteiger partial charge in [0.1, 0.15) is 12.1 Å². The maximum Gasteiger partial charge on any atom is 0.243 e. The lowest BCUT2D eigenvalue weighted by molar-refractivity contribution is -0.114. The van der Waals surface area contributed by atoms with Crippen LogP contribution in [-0.4, -0.2) is 19.5 Å². The van der Waals surface area contributed by atoms with Gasteiger partial charge in [-0.1, -0.05) is 18.2 Å². The molecule has 0 spiro atoms. The molecular formula is C17H13BrN4O.